The Morgan fingerprint density at radius 1 is 1.35 bits per heavy atom. The van der Waals surface area contributed by atoms with E-state index in [2.05, 4.69) is 53.8 Å². The van der Waals surface area contributed by atoms with Crippen molar-refractivity contribution in [2.24, 2.45) is 4.99 Å². The fourth-order valence-electron chi connectivity index (χ4n) is 2.75. The molecular formula is C17H31IN4S. The van der Waals surface area contributed by atoms with Crippen LogP contribution in [0.3, 0.4) is 0 Å². The molecule has 2 rings (SSSR count). The van der Waals surface area contributed by atoms with E-state index in [4.69, 9.17) is 4.99 Å². The van der Waals surface area contributed by atoms with Crippen LogP contribution in [0.15, 0.2) is 22.5 Å². The van der Waals surface area contributed by atoms with Gasteiger partial charge in [0, 0.05) is 17.5 Å². The predicted molar refractivity (Wildman–Crippen MR) is 112 cm³/mol. The minimum Gasteiger partial charge on any atom is -0.357 e. The summed E-state index contributed by atoms with van der Waals surface area (Å²) in [6.07, 6.45) is 3.73. The van der Waals surface area contributed by atoms with Crippen molar-refractivity contribution in [1.29, 1.82) is 0 Å². The summed E-state index contributed by atoms with van der Waals surface area (Å²) < 4.78 is 0. The van der Waals surface area contributed by atoms with Crippen LogP contribution in [0.1, 0.15) is 51.0 Å². The zero-order chi connectivity index (χ0) is 15.8. The molecule has 0 amide bonds. The maximum atomic E-state index is 4.86. The average molecular weight is 450 g/mol. The lowest BCUT2D eigenvalue weighted by atomic mass is 10.2. The van der Waals surface area contributed by atoms with Gasteiger partial charge in [0.25, 0.3) is 0 Å². The van der Waals surface area contributed by atoms with Crippen LogP contribution in [0.2, 0.25) is 0 Å². The first-order chi connectivity index (χ1) is 10.7. The van der Waals surface area contributed by atoms with Crippen LogP contribution in [0, 0.1) is 0 Å². The second-order valence-corrected chi connectivity index (χ2v) is 6.93. The SMILES string of the molecule is CCNC(=NCC(c1cccs1)N1CCCC1)NC(C)CC.I. The Labute approximate surface area is 162 Å². The van der Waals surface area contributed by atoms with Crippen LogP contribution in [0.5, 0.6) is 0 Å². The molecule has 23 heavy (non-hydrogen) atoms. The van der Waals surface area contributed by atoms with Gasteiger partial charge >= 0.3 is 0 Å². The van der Waals surface area contributed by atoms with Crippen LogP contribution in [-0.4, -0.2) is 43.1 Å². The van der Waals surface area contributed by atoms with Gasteiger partial charge in [-0.25, -0.2) is 0 Å². The number of guanidine groups is 1. The lowest BCUT2D eigenvalue weighted by Crippen LogP contribution is -2.42. The van der Waals surface area contributed by atoms with Gasteiger partial charge in [-0.05, 0) is 57.6 Å². The molecule has 0 aromatic carbocycles. The van der Waals surface area contributed by atoms with E-state index in [1.165, 1.54) is 30.8 Å². The second-order valence-electron chi connectivity index (χ2n) is 5.95. The number of halogens is 1. The molecule has 0 aliphatic carbocycles. The van der Waals surface area contributed by atoms with Crippen molar-refractivity contribution in [1.82, 2.24) is 15.5 Å². The Balaban J connectivity index is 0.00000264. The van der Waals surface area contributed by atoms with E-state index in [9.17, 15) is 0 Å². The molecule has 0 saturated carbocycles. The highest BCUT2D eigenvalue weighted by Crippen LogP contribution is 2.28. The van der Waals surface area contributed by atoms with Crippen molar-refractivity contribution < 1.29 is 0 Å². The average Bonchev–Trinajstić information content (AvgIpc) is 3.21. The van der Waals surface area contributed by atoms with Gasteiger partial charge in [0.15, 0.2) is 5.96 Å². The highest BCUT2D eigenvalue weighted by Gasteiger charge is 2.24. The number of rotatable bonds is 7. The highest BCUT2D eigenvalue weighted by molar-refractivity contribution is 14.0. The Morgan fingerprint density at radius 3 is 2.65 bits per heavy atom. The molecule has 2 N–H and O–H groups in total. The van der Waals surface area contributed by atoms with Crippen molar-refractivity contribution in [2.75, 3.05) is 26.2 Å². The number of hydrogen-bond acceptors (Lipinski definition) is 3. The lowest BCUT2D eigenvalue weighted by molar-refractivity contribution is 0.255. The van der Waals surface area contributed by atoms with Gasteiger partial charge in [-0.3, -0.25) is 9.89 Å². The summed E-state index contributed by atoms with van der Waals surface area (Å²) in [5, 5.41) is 9.02. The smallest absolute Gasteiger partial charge is 0.191 e. The Hall–Kier alpha value is -0.340. The van der Waals surface area contributed by atoms with E-state index in [0.717, 1.165) is 25.5 Å². The molecule has 6 heteroatoms. The topological polar surface area (TPSA) is 39.7 Å². The largest absolute Gasteiger partial charge is 0.357 e. The van der Waals surface area contributed by atoms with Gasteiger partial charge in [0.05, 0.1) is 12.6 Å². The van der Waals surface area contributed by atoms with Crippen molar-refractivity contribution >= 4 is 41.3 Å². The first kappa shape index (κ1) is 20.7. The van der Waals surface area contributed by atoms with Crippen LogP contribution in [-0.2, 0) is 0 Å². The normalized spacial score (nSPS) is 18.3. The summed E-state index contributed by atoms with van der Waals surface area (Å²) in [7, 11) is 0. The Morgan fingerprint density at radius 2 is 2.09 bits per heavy atom. The van der Waals surface area contributed by atoms with Crippen molar-refractivity contribution in [3.63, 3.8) is 0 Å². The summed E-state index contributed by atoms with van der Waals surface area (Å²) in [4.78, 5) is 8.88. The van der Waals surface area contributed by atoms with Crippen LogP contribution < -0.4 is 10.6 Å². The summed E-state index contributed by atoms with van der Waals surface area (Å²) in [5.41, 5.74) is 0. The van der Waals surface area contributed by atoms with Gasteiger partial charge in [-0.2, -0.15) is 0 Å². The molecule has 1 aromatic rings. The maximum absolute atomic E-state index is 4.86. The number of thiophene rings is 1. The quantitative estimate of drug-likeness (QED) is 0.377. The first-order valence-electron chi connectivity index (χ1n) is 8.56. The molecule has 1 fully saturated rings. The number of aliphatic imine (C=N–C) groups is 1. The van der Waals surface area contributed by atoms with Gasteiger partial charge in [0.2, 0.25) is 0 Å². The maximum Gasteiger partial charge on any atom is 0.191 e. The van der Waals surface area contributed by atoms with Gasteiger partial charge in [0.1, 0.15) is 0 Å². The van der Waals surface area contributed by atoms with Gasteiger partial charge in [-0.1, -0.05) is 13.0 Å². The molecule has 132 valence electrons. The molecule has 2 unspecified atom stereocenters. The molecule has 2 atom stereocenters. The molecule has 1 aliphatic rings. The Bertz CT molecular complexity index is 443. The van der Waals surface area contributed by atoms with E-state index in [0.29, 0.717) is 12.1 Å². The van der Waals surface area contributed by atoms with Crippen molar-refractivity contribution in [2.45, 2.75) is 52.1 Å². The number of nitrogens with zero attached hydrogens (tertiary/aromatic N) is 2. The predicted octanol–water partition coefficient (Wildman–Crippen LogP) is 3.86. The minimum atomic E-state index is 0. The minimum absolute atomic E-state index is 0. The molecule has 0 radical (unpaired) electrons. The molecule has 0 spiro atoms. The molecule has 1 aliphatic heterocycles. The highest BCUT2D eigenvalue weighted by atomic mass is 127. The lowest BCUT2D eigenvalue weighted by Gasteiger charge is -2.26. The summed E-state index contributed by atoms with van der Waals surface area (Å²) in [6.45, 7) is 10.6. The van der Waals surface area contributed by atoms with E-state index < -0.39 is 0 Å². The molecule has 4 nitrogen and oxygen atoms in total. The van der Waals surface area contributed by atoms with E-state index >= 15 is 0 Å². The zero-order valence-electron chi connectivity index (χ0n) is 14.5. The standard InChI is InChI=1S/C17H30N4S.HI/c1-4-14(3)20-17(18-5-2)19-13-15(16-9-8-12-22-16)21-10-6-7-11-21;/h8-9,12,14-15H,4-7,10-11,13H2,1-3H3,(H2,18,19,20);1H. The second kappa shape index (κ2) is 11.3. The van der Waals surface area contributed by atoms with Crippen molar-refractivity contribution in [3.05, 3.63) is 22.4 Å². The van der Waals surface area contributed by atoms with Crippen LogP contribution >= 0.6 is 35.3 Å². The summed E-state index contributed by atoms with van der Waals surface area (Å²) in [5.74, 6) is 0.942. The number of hydrogen-bond donors (Lipinski definition) is 2. The fourth-order valence-corrected chi connectivity index (χ4v) is 3.60. The van der Waals surface area contributed by atoms with E-state index in [1.54, 1.807) is 0 Å². The Kier molecular flexibility index (Phi) is 10.1. The number of likely N-dealkylation sites (tertiary alicyclic amines) is 1. The summed E-state index contributed by atoms with van der Waals surface area (Å²) in [6, 6.07) is 5.27. The van der Waals surface area contributed by atoms with E-state index in [-0.39, 0.29) is 24.0 Å². The third kappa shape index (κ3) is 6.58. The molecule has 0 bridgehead atoms. The third-order valence-electron chi connectivity index (χ3n) is 4.22. The van der Waals surface area contributed by atoms with Crippen LogP contribution in [0.25, 0.3) is 0 Å². The van der Waals surface area contributed by atoms with E-state index in [1.807, 2.05) is 11.3 Å². The zero-order valence-corrected chi connectivity index (χ0v) is 17.7. The van der Waals surface area contributed by atoms with Gasteiger partial charge < -0.3 is 10.6 Å². The van der Waals surface area contributed by atoms with Crippen LogP contribution in [0.4, 0.5) is 0 Å². The summed E-state index contributed by atoms with van der Waals surface area (Å²) >= 11 is 1.85. The van der Waals surface area contributed by atoms with Crippen molar-refractivity contribution in [3.8, 4) is 0 Å². The molecule has 1 aromatic heterocycles. The monoisotopic (exact) mass is 450 g/mol. The van der Waals surface area contributed by atoms with Gasteiger partial charge in [-0.15, -0.1) is 35.3 Å². The molecular weight excluding hydrogens is 419 g/mol. The molecule has 2 heterocycles. The number of nitrogens with one attached hydrogen (secondary N) is 2. The first-order valence-corrected chi connectivity index (χ1v) is 9.44. The fraction of sp³-hybridized carbons (Fsp3) is 0.706. The third-order valence-corrected chi connectivity index (χ3v) is 5.19. The molecule has 1 saturated heterocycles.